The van der Waals surface area contributed by atoms with E-state index in [2.05, 4.69) is 10.4 Å². The molecule has 0 radical (unpaired) electrons. The second-order valence-corrected chi connectivity index (χ2v) is 5.01. The Labute approximate surface area is 133 Å². The Morgan fingerprint density at radius 2 is 1.95 bits per heavy atom. The molecule has 2 aromatic rings. The number of carbonyl (C=O) groups is 2. The average molecular weight is 322 g/mol. The van der Waals surface area contributed by atoms with Crippen LogP contribution in [0, 0.1) is 6.92 Å². The van der Waals surface area contributed by atoms with Gasteiger partial charge < -0.3 is 10.1 Å². The molecule has 7 heteroatoms. The second kappa shape index (κ2) is 6.62. The predicted octanol–water partition coefficient (Wildman–Crippen LogP) is 2.90. The first kappa shape index (κ1) is 16.0. The summed E-state index contributed by atoms with van der Waals surface area (Å²) in [7, 11) is 1.29. The van der Waals surface area contributed by atoms with Crippen LogP contribution in [-0.2, 0) is 11.3 Å². The number of aryl methyl sites for hydroxylation is 2. The maximum absolute atomic E-state index is 12.3. The SMILES string of the molecule is CCn1nc(C)c(NC(=O)c2ccc(Cl)cc2)c1C(=O)OC. The van der Waals surface area contributed by atoms with Gasteiger partial charge in [-0.3, -0.25) is 9.48 Å². The number of hydrogen-bond acceptors (Lipinski definition) is 4. The van der Waals surface area contributed by atoms with Gasteiger partial charge in [-0.25, -0.2) is 4.79 Å². The fourth-order valence-corrected chi connectivity index (χ4v) is 2.18. The topological polar surface area (TPSA) is 73.2 Å². The van der Waals surface area contributed by atoms with E-state index < -0.39 is 5.97 Å². The second-order valence-electron chi connectivity index (χ2n) is 4.58. The summed E-state index contributed by atoms with van der Waals surface area (Å²) in [6.07, 6.45) is 0. The number of ether oxygens (including phenoxy) is 1. The van der Waals surface area contributed by atoms with Crippen LogP contribution in [-0.4, -0.2) is 28.8 Å². The molecule has 0 unspecified atom stereocenters. The molecule has 1 aromatic heterocycles. The normalized spacial score (nSPS) is 10.4. The molecule has 1 heterocycles. The Morgan fingerprint density at radius 3 is 2.50 bits per heavy atom. The van der Waals surface area contributed by atoms with Gasteiger partial charge in [-0.2, -0.15) is 5.10 Å². The number of halogens is 1. The summed E-state index contributed by atoms with van der Waals surface area (Å²) in [4.78, 5) is 24.2. The highest BCUT2D eigenvalue weighted by Crippen LogP contribution is 2.22. The number of nitrogens with zero attached hydrogens (tertiary/aromatic N) is 2. The minimum absolute atomic E-state index is 0.227. The molecule has 0 spiro atoms. The van der Waals surface area contributed by atoms with Crippen LogP contribution in [0.3, 0.4) is 0 Å². The van der Waals surface area contributed by atoms with Crippen LogP contribution in [0.1, 0.15) is 33.5 Å². The highest BCUT2D eigenvalue weighted by atomic mass is 35.5. The minimum atomic E-state index is -0.547. The Morgan fingerprint density at radius 1 is 1.32 bits per heavy atom. The van der Waals surface area contributed by atoms with Crippen molar-refractivity contribution >= 4 is 29.2 Å². The number of carbonyl (C=O) groups excluding carboxylic acids is 2. The Bertz CT molecular complexity index is 708. The molecule has 0 atom stereocenters. The number of methoxy groups -OCH3 is 1. The number of benzene rings is 1. The number of esters is 1. The smallest absolute Gasteiger partial charge is 0.358 e. The molecule has 0 bridgehead atoms. The number of aromatic nitrogens is 2. The van der Waals surface area contributed by atoms with Crippen molar-refractivity contribution in [1.29, 1.82) is 0 Å². The predicted molar refractivity (Wildman–Crippen MR) is 83.4 cm³/mol. The third-order valence-electron chi connectivity index (χ3n) is 3.15. The first-order valence-electron chi connectivity index (χ1n) is 6.70. The van der Waals surface area contributed by atoms with Crippen molar-refractivity contribution in [2.75, 3.05) is 12.4 Å². The van der Waals surface area contributed by atoms with Gasteiger partial charge in [0.2, 0.25) is 0 Å². The number of anilines is 1. The number of hydrogen-bond donors (Lipinski definition) is 1. The van der Waals surface area contributed by atoms with E-state index in [0.29, 0.717) is 28.5 Å². The maximum atomic E-state index is 12.3. The van der Waals surface area contributed by atoms with Crippen molar-refractivity contribution in [1.82, 2.24) is 9.78 Å². The van der Waals surface area contributed by atoms with Crippen LogP contribution in [0.25, 0.3) is 0 Å². The fourth-order valence-electron chi connectivity index (χ4n) is 2.05. The van der Waals surface area contributed by atoms with Crippen molar-refractivity contribution in [3.8, 4) is 0 Å². The van der Waals surface area contributed by atoms with E-state index in [1.165, 1.54) is 11.8 Å². The first-order valence-corrected chi connectivity index (χ1v) is 7.08. The molecule has 1 N–H and O–H groups in total. The number of nitrogens with one attached hydrogen (secondary N) is 1. The van der Waals surface area contributed by atoms with Crippen LogP contribution in [0.2, 0.25) is 5.02 Å². The molecule has 0 aliphatic carbocycles. The largest absolute Gasteiger partial charge is 0.464 e. The van der Waals surface area contributed by atoms with Gasteiger partial charge in [0.1, 0.15) is 0 Å². The lowest BCUT2D eigenvalue weighted by molar-refractivity contribution is 0.0588. The van der Waals surface area contributed by atoms with Crippen molar-refractivity contribution in [3.63, 3.8) is 0 Å². The summed E-state index contributed by atoms with van der Waals surface area (Å²) in [6, 6.07) is 6.46. The van der Waals surface area contributed by atoms with Gasteiger partial charge in [0.15, 0.2) is 5.69 Å². The molecule has 0 saturated carbocycles. The lowest BCUT2D eigenvalue weighted by Gasteiger charge is -2.08. The van der Waals surface area contributed by atoms with Crippen molar-refractivity contribution in [2.45, 2.75) is 20.4 Å². The summed E-state index contributed by atoms with van der Waals surface area (Å²) < 4.78 is 6.27. The zero-order valence-corrected chi connectivity index (χ0v) is 13.3. The number of amides is 1. The Kier molecular flexibility index (Phi) is 4.82. The van der Waals surface area contributed by atoms with Crippen LogP contribution in [0.4, 0.5) is 5.69 Å². The van der Waals surface area contributed by atoms with Gasteiger partial charge in [0.05, 0.1) is 18.5 Å². The van der Waals surface area contributed by atoms with E-state index in [1.54, 1.807) is 31.2 Å². The Hall–Kier alpha value is -2.34. The van der Waals surface area contributed by atoms with E-state index in [9.17, 15) is 9.59 Å². The summed E-state index contributed by atoms with van der Waals surface area (Å²) in [6.45, 7) is 4.06. The Balaban J connectivity index is 2.36. The van der Waals surface area contributed by atoms with E-state index in [1.807, 2.05) is 6.92 Å². The van der Waals surface area contributed by atoms with Gasteiger partial charge in [0, 0.05) is 17.1 Å². The molecule has 0 aliphatic heterocycles. The van der Waals surface area contributed by atoms with Crippen LogP contribution in [0.15, 0.2) is 24.3 Å². The summed E-state index contributed by atoms with van der Waals surface area (Å²) in [5, 5.41) is 7.50. The molecular weight excluding hydrogens is 306 g/mol. The molecule has 0 fully saturated rings. The van der Waals surface area contributed by atoms with Crippen LogP contribution < -0.4 is 5.32 Å². The van der Waals surface area contributed by atoms with Crippen molar-refractivity contribution in [3.05, 3.63) is 46.2 Å². The molecule has 116 valence electrons. The highest BCUT2D eigenvalue weighted by Gasteiger charge is 2.23. The van der Waals surface area contributed by atoms with Gasteiger partial charge in [0.25, 0.3) is 5.91 Å². The van der Waals surface area contributed by atoms with Crippen LogP contribution in [0.5, 0.6) is 0 Å². The van der Waals surface area contributed by atoms with E-state index in [4.69, 9.17) is 16.3 Å². The lowest BCUT2D eigenvalue weighted by atomic mass is 10.2. The van der Waals surface area contributed by atoms with Gasteiger partial charge >= 0.3 is 5.97 Å². The molecule has 0 aliphatic rings. The zero-order valence-electron chi connectivity index (χ0n) is 12.5. The summed E-state index contributed by atoms with van der Waals surface area (Å²) in [5.74, 6) is -0.894. The summed E-state index contributed by atoms with van der Waals surface area (Å²) in [5.41, 5.74) is 1.56. The van der Waals surface area contributed by atoms with E-state index in [-0.39, 0.29) is 11.6 Å². The molecule has 6 nitrogen and oxygen atoms in total. The molecule has 2 rings (SSSR count). The maximum Gasteiger partial charge on any atom is 0.358 e. The highest BCUT2D eigenvalue weighted by molar-refractivity contribution is 6.30. The molecule has 0 saturated heterocycles. The van der Waals surface area contributed by atoms with Gasteiger partial charge in [-0.1, -0.05) is 11.6 Å². The monoisotopic (exact) mass is 321 g/mol. The average Bonchev–Trinajstić information content (AvgIpc) is 2.83. The third-order valence-corrected chi connectivity index (χ3v) is 3.40. The molecule has 1 aromatic carbocycles. The van der Waals surface area contributed by atoms with Crippen molar-refractivity contribution < 1.29 is 14.3 Å². The zero-order chi connectivity index (χ0) is 16.3. The number of rotatable bonds is 4. The lowest BCUT2D eigenvalue weighted by Crippen LogP contribution is -2.17. The summed E-state index contributed by atoms with van der Waals surface area (Å²) >= 11 is 5.80. The fraction of sp³-hybridized carbons (Fsp3) is 0.267. The molecule has 1 amide bonds. The molecule has 22 heavy (non-hydrogen) atoms. The first-order chi connectivity index (χ1) is 10.5. The molecular formula is C15H16ClN3O3. The van der Waals surface area contributed by atoms with Gasteiger partial charge in [-0.15, -0.1) is 0 Å². The minimum Gasteiger partial charge on any atom is -0.464 e. The third kappa shape index (κ3) is 3.12. The van der Waals surface area contributed by atoms with E-state index in [0.717, 1.165) is 0 Å². The quantitative estimate of drug-likeness (QED) is 0.879. The van der Waals surface area contributed by atoms with Crippen molar-refractivity contribution in [2.24, 2.45) is 0 Å². The standard InChI is InChI=1S/C15H16ClN3O3/c1-4-19-13(15(21)22-3)12(9(2)18-19)17-14(20)10-5-7-11(16)8-6-10/h5-8H,4H2,1-3H3,(H,17,20). The van der Waals surface area contributed by atoms with Gasteiger partial charge in [-0.05, 0) is 38.1 Å². The van der Waals surface area contributed by atoms with E-state index >= 15 is 0 Å². The van der Waals surface area contributed by atoms with Crippen LogP contribution >= 0.6 is 11.6 Å².